The van der Waals surface area contributed by atoms with Crippen molar-refractivity contribution in [2.75, 3.05) is 26.2 Å². The smallest absolute Gasteiger partial charge is 0.251 e. The Morgan fingerprint density at radius 1 is 1.18 bits per heavy atom. The summed E-state index contributed by atoms with van der Waals surface area (Å²) in [6.45, 7) is 8.18. The van der Waals surface area contributed by atoms with Gasteiger partial charge in [-0.2, -0.15) is 5.10 Å². The number of nitrogens with two attached hydrogens (primary N) is 1. The van der Waals surface area contributed by atoms with Crippen LogP contribution >= 0.6 is 0 Å². The lowest BCUT2D eigenvalue weighted by Gasteiger charge is -2.15. The van der Waals surface area contributed by atoms with Gasteiger partial charge in [-0.05, 0) is 57.5 Å². The summed E-state index contributed by atoms with van der Waals surface area (Å²) in [6.07, 6.45) is 2.75. The molecule has 1 aromatic heterocycles. The van der Waals surface area contributed by atoms with Crippen LogP contribution in [0.3, 0.4) is 0 Å². The van der Waals surface area contributed by atoms with Crippen molar-refractivity contribution < 1.29 is 9.59 Å². The molecule has 150 valence electrons. The molecule has 0 bridgehead atoms. The first-order valence-electron chi connectivity index (χ1n) is 9.89. The van der Waals surface area contributed by atoms with Gasteiger partial charge >= 0.3 is 0 Å². The number of likely N-dealkylation sites (tertiary alicyclic amines) is 1. The van der Waals surface area contributed by atoms with Crippen LogP contribution in [-0.4, -0.2) is 52.7 Å². The van der Waals surface area contributed by atoms with E-state index in [1.165, 1.54) is 12.8 Å². The summed E-state index contributed by atoms with van der Waals surface area (Å²) in [5.74, 6) is -0.404. The second-order valence-corrected chi connectivity index (χ2v) is 7.37. The van der Waals surface area contributed by atoms with Gasteiger partial charge in [0.25, 0.3) is 5.91 Å². The number of aromatic nitrogens is 2. The highest BCUT2D eigenvalue weighted by Crippen LogP contribution is 2.27. The quantitative estimate of drug-likeness (QED) is 0.728. The third kappa shape index (κ3) is 4.78. The number of rotatable bonds is 8. The molecule has 1 aliphatic rings. The van der Waals surface area contributed by atoms with Crippen molar-refractivity contribution in [3.05, 3.63) is 41.2 Å². The van der Waals surface area contributed by atoms with Crippen molar-refractivity contribution >= 4 is 11.8 Å². The van der Waals surface area contributed by atoms with Gasteiger partial charge in [-0.3, -0.25) is 14.3 Å². The normalized spacial score (nSPS) is 14.4. The van der Waals surface area contributed by atoms with Crippen LogP contribution in [0, 0.1) is 13.8 Å². The van der Waals surface area contributed by atoms with Gasteiger partial charge in [0.05, 0.1) is 5.69 Å². The van der Waals surface area contributed by atoms with E-state index in [4.69, 9.17) is 5.73 Å². The van der Waals surface area contributed by atoms with Gasteiger partial charge < -0.3 is 16.0 Å². The van der Waals surface area contributed by atoms with E-state index in [-0.39, 0.29) is 18.2 Å². The summed E-state index contributed by atoms with van der Waals surface area (Å²) in [5, 5.41) is 7.55. The zero-order valence-electron chi connectivity index (χ0n) is 16.7. The first-order chi connectivity index (χ1) is 13.5. The minimum atomic E-state index is -0.346. The summed E-state index contributed by atoms with van der Waals surface area (Å²) in [4.78, 5) is 26.0. The van der Waals surface area contributed by atoms with Crippen molar-refractivity contribution in [2.45, 2.75) is 39.7 Å². The predicted molar refractivity (Wildman–Crippen MR) is 109 cm³/mol. The Morgan fingerprint density at radius 3 is 2.64 bits per heavy atom. The van der Waals surface area contributed by atoms with Gasteiger partial charge in [-0.1, -0.05) is 12.1 Å². The molecule has 3 N–H and O–H groups in total. The topological polar surface area (TPSA) is 93.2 Å². The molecule has 1 fully saturated rings. The number of hydrogen-bond donors (Lipinski definition) is 2. The van der Waals surface area contributed by atoms with E-state index in [1.807, 2.05) is 38.1 Å². The van der Waals surface area contributed by atoms with Crippen molar-refractivity contribution in [3.63, 3.8) is 0 Å². The highest BCUT2D eigenvalue weighted by molar-refractivity contribution is 5.95. The molecule has 0 atom stereocenters. The molecule has 0 unspecified atom stereocenters. The number of benzene rings is 1. The van der Waals surface area contributed by atoms with Gasteiger partial charge in [0.15, 0.2) is 0 Å². The van der Waals surface area contributed by atoms with Crippen LogP contribution in [0.4, 0.5) is 0 Å². The van der Waals surface area contributed by atoms with Gasteiger partial charge in [-0.15, -0.1) is 0 Å². The molecule has 0 radical (unpaired) electrons. The van der Waals surface area contributed by atoms with Crippen molar-refractivity contribution in [3.8, 4) is 11.1 Å². The Balaban J connectivity index is 1.70. The number of aryl methyl sites for hydroxylation is 2. The fourth-order valence-electron chi connectivity index (χ4n) is 3.80. The molecule has 1 saturated heterocycles. The molecule has 28 heavy (non-hydrogen) atoms. The first kappa shape index (κ1) is 20.1. The lowest BCUT2D eigenvalue weighted by atomic mass is 10.0. The largest absolute Gasteiger partial charge is 0.370 e. The molecule has 0 aliphatic carbocycles. The van der Waals surface area contributed by atoms with E-state index in [0.717, 1.165) is 42.1 Å². The zero-order chi connectivity index (χ0) is 20.1. The molecule has 3 rings (SSSR count). The summed E-state index contributed by atoms with van der Waals surface area (Å²) in [5.41, 5.74) is 9.67. The Kier molecular flexibility index (Phi) is 6.46. The molecular formula is C21H29N5O2. The molecule has 0 spiro atoms. The van der Waals surface area contributed by atoms with E-state index < -0.39 is 0 Å². The fourth-order valence-corrected chi connectivity index (χ4v) is 3.80. The maximum atomic E-state index is 12.6. The molecular weight excluding hydrogens is 354 g/mol. The lowest BCUT2D eigenvalue weighted by Crippen LogP contribution is -2.33. The van der Waals surface area contributed by atoms with Crippen LogP contribution in [0.1, 0.15) is 41.0 Å². The molecule has 1 aliphatic heterocycles. The van der Waals surface area contributed by atoms with Crippen molar-refractivity contribution in [1.29, 1.82) is 0 Å². The number of primary amides is 1. The minimum Gasteiger partial charge on any atom is -0.370 e. The summed E-state index contributed by atoms with van der Waals surface area (Å²) in [6, 6.07) is 7.61. The van der Waals surface area contributed by atoms with Gasteiger partial charge in [0.2, 0.25) is 5.91 Å². The molecule has 7 nitrogen and oxygen atoms in total. The highest BCUT2D eigenvalue weighted by Gasteiger charge is 2.16. The monoisotopic (exact) mass is 383 g/mol. The third-order valence-electron chi connectivity index (χ3n) is 5.28. The van der Waals surface area contributed by atoms with E-state index >= 15 is 0 Å². The second-order valence-electron chi connectivity index (χ2n) is 7.37. The number of nitrogens with one attached hydrogen (secondary N) is 1. The lowest BCUT2D eigenvalue weighted by molar-refractivity contribution is -0.118. The fraction of sp³-hybridized carbons (Fsp3) is 0.476. The average Bonchev–Trinajstić information content (AvgIpc) is 3.28. The van der Waals surface area contributed by atoms with Crippen molar-refractivity contribution in [1.82, 2.24) is 20.0 Å². The molecule has 2 amide bonds. The second kappa shape index (κ2) is 9.01. The highest BCUT2D eigenvalue weighted by atomic mass is 16.2. The maximum Gasteiger partial charge on any atom is 0.251 e. The van der Waals surface area contributed by atoms with Crippen LogP contribution in [0.15, 0.2) is 24.3 Å². The SMILES string of the molecule is Cc1nn(CCC(N)=O)c(C)c1-c1cccc(C(=O)NCCN2CCCC2)c1. The number of amides is 2. The average molecular weight is 383 g/mol. The Hall–Kier alpha value is -2.67. The van der Waals surface area contributed by atoms with Crippen LogP contribution in [0.25, 0.3) is 11.1 Å². The summed E-state index contributed by atoms with van der Waals surface area (Å²) in [7, 11) is 0. The minimum absolute atomic E-state index is 0.0579. The Bertz CT molecular complexity index is 852. The molecule has 7 heteroatoms. The number of hydrogen-bond acceptors (Lipinski definition) is 4. The van der Waals surface area contributed by atoms with Crippen LogP contribution in [-0.2, 0) is 11.3 Å². The Morgan fingerprint density at radius 2 is 1.93 bits per heavy atom. The summed E-state index contributed by atoms with van der Waals surface area (Å²) < 4.78 is 1.80. The van der Waals surface area contributed by atoms with Crippen LogP contribution in [0.5, 0.6) is 0 Å². The van der Waals surface area contributed by atoms with Crippen molar-refractivity contribution in [2.24, 2.45) is 5.73 Å². The van der Waals surface area contributed by atoms with Gasteiger partial charge in [-0.25, -0.2) is 0 Å². The van der Waals surface area contributed by atoms with E-state index in [1.54, 1.807) is 4.68 Å². The van der Waals surface area contributed by atoms with E-state index in [9.17, 15) is 9.59 Å². The summed E-state index contributed by atoms with van der Waals surface area (Å²) >= 11 is 0. The molecule has 2 aromatic rings. The predicted octanol–water partition coefficient (Wildman–Crippen LogP) is 1.87. The Labute approximate surface area is 165 Å². The van der Waals surface area contributed by atoms with Gasteiger partial charge in [0, 0.05) is 42.9 Å². The number of carbonyl (C=O) groups excluding carboxylic acids is 2. The number of nitrogens with zero attached hydrogens (tertiary/aromatic N) is 3. The maximum absolute atomic E-state index is 12.6. The van der Waals surface area contributed by atoms with Gasteiger partial charge in [0.1, 0.15) is 0 Å². The zero-order valence-corrected chi connectivity index (χ0v) is 16.7. The van der Waals surface area contributed by atoms with E-state index in [2.05, 4.69) is 15.3 Å². The molecule has 1 aromatic carbocycles. The first-order valence-corrected chi connectivity index (χ1v) is 9.89. The number of carbonyl (C=O) groups is 2. The van der Waals surface area contributed by atoms with Crippen LogP contribution in [0.2, 0.25) is 0 Å². The third-order valence-corrected chi connectivity index (χ3v) is 5.28. The van der Waals surface area contributed by atoms with E-state index in [0.29, 0.717) is 18.7 Å². The molecule has 2 heterocycles. The van der Waals surface area contributed by atoms with Crippen LogP contribution < -0.4 is 11.1 Å². The standard InChI is InChI=1S/C21H29N5O2/c1-15-20(16(2)26(24-15)12-8-19(22)27)17-6-5-7-18(14-17)21(28)23-9-13-25-10-3-4-11-25/h5-7,14H,3-4,8-13H2,1-2H3,(H2,22,27)(H,23,28). The molecule has 0 saturated carbocycles.